The van der Waals surface area contributed by atoms with Crippen LogP contribution in [0.25, 0.3) is 10.8 Å². The maximum atomic E-state index is 7.48. The van der Waals surface area contributed by atoms with Crippen molar-refractivity contribution in [2.75, 3.05) is 0 Å². The zero-order valence-electron chi connectivity index (χ0n) is 22.9. The Morgan fingerprint density at radius 2 is 1.22 bits per heavy atom. The fraction of sp³-hybridized carbons (Fsp3) is 0.323. The molecule has 6 heteroatoms. The normalized spacial score (nSPS) is 13.1. The summed E-state index contributed by atoms with van der Waals surface area (Å²) in [4.78, 5) is 0. The molecular weight excluding hydrogens is 539 g/mol. The summed E-state index contributed by atoms with van der Waals surface area (Å²) in [5.41, 5.74) is 3.87. The van der Waals surface area contributed by atoms with Gasteiger partial charge < -0.3 is 0 Å². The Labute approximate surface area is 229 Å². The summed E-state index contributed by atoms with van der Waals surface area (Å²) in [6, 6.07) is 20.0. The van der Waals surface area contributed by atoms with Gasteiger partial charge in [0.1, 0.15) is 0 Å². The van der Waals surface area contributed by atoms with E-state index in [4.69, 9.17) is 29.7 Å². The molecule has 0 unspecified atom stereocenters. The molecule has 4 aromatic rings. The van der Waals surface area contributed by atoms with Gasteiger partial charge in [0.25, 0.3) is 0 Å². The molecule has 0 amide bonds. The van der Waals surface area contributed by atoms with E-state index >= 15 is 0 Å². The van der Waals surface area contributed by atoms with Gasteiger partial charge in [0, 0.05) is 0 Å². The van der Waals surface area contributed by atoms with Crippen molar-refractivity contribution in [3.63, 3.8) is 0 Å². The number of aryl methyl sites for hydroxylation is 2. The van der Waals surface area contributed by atoms with Gasteiger partial charge in [-0.05, 0) is 0 Å². The summed E-state index contributed by atoms with van der Waals surface area (Å²) < 4.78 is 21.1. The molecule has 0 aliphatic rings. The number of benzene rings is 3. The molecule has 37 heavy (non-hydrogen) atoms. The summed E-state index contributed by atoms with van der Waals surface area (Å²) in [6.07, 6.45) is 1.69. The quantitative estimate of drug-likeness (QED) is 0.222. The van der Waals surface area contributed by atoms with E-state index in [1.165, 1.54) is 0 Å². The molecule has 196 valence electrons. The van der Waals surface area contributed by atoms with Crippen molar-refractivity contribution in [3.8, 4) is 11.5 Å². The summed E-state index contributed by atoms with van der Waals surface area (Å²) in [7, 11) is 15.0. The van der Waals surface area contributed by atoms with Gasteiger partial charge in [-0.3, -0.25) is 0 Å². The minimum absolute atomic E-state index is 0.201. The average molecular weight is 575 g/mol. The topological polar surface area (TPSA) is 31.6 Å². The van der Waals surface area contributed by atoms with Crippen LogP contribution in [0.4, 0.5) is 0 Å². The Bertz CT molecular complexity index is 1460. The Kier molecular flexibility index (Phi) is 7.27. The first-order valence-electron chi connectivity index (χ1n) is 12.6. The van der Waals surface area contributed by atoms with Gasteiger partial charge in [0.2, 0.25) is 0 Å². The fourth-order valence-corrected chi connectivity index (χ4v) is 9.62. The van der Waals surface area contributed by atoms with Crippen molar-refractivity contribution in [2.45, 2.75) is 66.2 Å². The Hall–Kier alpha value is -2.04. The Morgan fingerprint density at radius 3 is 1.70 bits per heavy atom. The third kappa shape index (κ3) is 6.34. The maximum absolute atomic E-state index is 7.48. The second-order valence-corrected chi connectivity index (χ2v) is 22.6. The van der Waals surface area contributed by atoms with Crippen LogP contribution in [0.1, 0.15) is 69.6 Å². The summed E-state index contributed by atoms with van der Waals surface area (Å²) in [5, 5.41) is 1.85. The molecule has 0 aliphatic heterocycles. The molecule has 0 saturated heterocycles. The van der Waals surface area contributed by atoms with Crippen LogP contribution in [0.15, 0.2) is 71.3 Å². The molecule has 3 aromatic carbocycles. The number of fused-ring (bicyclic) bond motifs is 1. The first-order chi connectivity index (χ1) is 17.0. The second-order valence-electron chi connectivity index (χ2n) is 12.0. The molecule has 0 fully saturated rings. The number of halogens is 2. The van der Waals surface area contributed by atoms with E-state index in [0.717, 1.165) is 33.0 Å². The van der Waals surface area contributed by atoms with E-state index in [1.807, 2.05) is 48.5 Å². The molecule has 0 atom stereocenters. The first kappa shape index (κ1) is 28.0. The van der Waals surface area contributed by atoms with Gasteiger partial charge in [0.15, 0.2) is 0 Å². The SMILES string of the molecule is Cc1ccc([O][Ti]([Cl])([Cl])(=[CH]c2occ3ccccc23)[O]c2ccc(C)cc2C(C)(C)C)c(C(C)(C)C)c1. The molecule has 0 radical (unpaired) electrons. The number of rotatable bonds is 5. The van der Waals surface area contributed by atoms with Crippen LogP contribution in [0, 0.1) is 13.8 Å². The molecule has 1 aromatic heterocycles. The van der Waals surface area contributed by atoms with Crippen molar-refractivity contribution in [2.24, 2.45) is 0 Å². The predicted octanol–water partition coefficient (Wildman–Crippen LogP) is 9.78. The summed E-state index contributed by atoms with van der Waals surface area (Å²) in [5.74, 6) is 1.75. The molecule has 0 spiro atoms. The summed E-state index contributed by atoms with van der Waals surface area (Å²) in [6.45, 7) is 17.0. The van der Waals surface area contributed by atoms with E-state index in [9.17, 15) is 0 Å². The minimum atomic E-state index is -5.49. The van der Waals surface area contributed by atoms with Crippen LogP contribution in [0.3, 0.4) is 0 Å². The monoisotopic (exact) mass is 574 g/mol. The van der Waals surface area contributed by atoms with Crippen LogP contribution >= 0.6 is 18.6 Å². The zero-order chi connectivity index (χ0) is 27.2. The van der Waals surface area contributed by atoms with Crippen molar-refractivity contribution < 1.29 is 24.6 Å². The van der Waals surface area contributed by atoms with E-state index in [1.54, 1.807) is 10.6 Å². The van der Waals surface area contributed by atoms with E-state index in [0.29, 0.717) is 17.3 Å². The molecule has 3 nitrogen and oxygen atoms in total. The molecule has 1 heterocycles. The van der Waals surface area contributed by atoms with Gasteiger partial charge in [-0.2, -0.15) is 0 Å². The van der Waals surface area contributed by atoms with E-state index < -0.39 is 13.5 Å². The number of hydrogen-bond donors (Lipinski definition) is 0. The number of hydrogen-bond acceptors (Lipinski definition) is 3. The van der Waals surface area contributed by atoms with Gasteiger partial charge >= 0.3 is 231 Å². The third-order valence-corrected chi connectivity index (χ3v) is 11.4. The Morgan fingerprint density at radius 1 is 0.730 bits per heavy atom. The standard InChI is InChI=1S/2C11H16O.C9H6O.2ClH.Ti/c2*1-8-5-6-10(12)9(7-8)11(2,3)4;1-7-9-5-3-2-4-8(9)6-10-7;;;/h2*5-7,12H,1-4H3;1-6H;2*1H;/q;;;;;+4/p-4. The van der Waals surface area contributed by atoms with Crippen LogP contribution in [0.2, 0.25) is 0 Å². The van der Waals surface area contributed by atoms with Gasteiger partial charge in [-0.15, -0.1) is 0 Å². The molecule has 0 saturated carbocycles. The predicted molar refractivity (Wildman–Crippen MR) is 154 cm³/mol. The number of furan rings is 1. The third-order valence-electron chi connectivity index (χ3n) is 6.36. The van der Waals surface area contributed by atoms with Crippen molar-refractivity contribution >= 4 is 33.7 Å². The van der Waals surface area contributed by atoms with Gasteiger partial charge in [-0.1, -0.05) is 0 Å². The van der Waals surface area contributed by atoms with E-state index in [2.05, 4.69) is 67.5 Å². The first-order valence-corrected chi connectivity index (χ1v) is 19.0. The van der Waals surface area contributed by atoms with Gasteiger partial charge in [-0.25, -0.2) is 0 Å². The second kappa shape index (κ2) is 9.61. The van der Waals surface area contributed by atoms with Crippen LogP contribution < -0.4 is 6.64 Å². The molecule has 0 N–H and O–H groups in total. The molecular formula is C31H36Cl2O3Ti. The fourth-order valence-electron chi connectivity index (χ4n) is 4.43. The molecule has 4 rings (SSSR count). The van der Waals surface area contributed by atoms with Crippen molar-refractivity contribution in [3.05, 3.63) is 94.9 Å². The molecule has 0 bridgehead atoms. The van der Waals surface area contributed by atoms with Crippen LogP contribution in [-0.4, -0.2) is 4.31 Å². The van der Waals surface area contributed by atoms with E-state index in [-0.39, 0.29) is 10.8 Å². The summed E-state index contributed by atoms with van der Waals surface area (Å²) >= 11 is -5.49. The van der Waals surface area contributed by atoms with Crippen molar-refractivity contribution in [1.29, 1.82) is 0 Å². The van der Waals surface area contributed by atoms with Gasteiger partial charge in [0.05, 0.1) is 0 Å². The van der Waals surface area contributed by atoms with Crippen LogP contribution in [0.5, 0.6) is 11.5 Å². The van der Waals surface area contributed by atoms with Crippen LogP contribution in [-0.2, 0) is 24.3 Å². The molecule has 0 aliphatic carbocycles. The zero-order valence-corrected chi connectivity index (χ0v) is 26.0. The Balaban J connectivity index is 1.98. The average Bonchev–Trinajstić information content (AvgIpc) is 3.17. The van der Waals surface area contributed by atoms with Crippen molar-refractivity contribution in [1.82, 2.24) is 0 Å².